The third kappa shape index (κ3) is 15.3. The van der Waals surface area contributed by atoms with Gasteiger partial charge in [0.05, 0.1) is 45.2 Å². The van der Waals surface area contributed by atoms with Crippen LogP contribution in [0, 0.1) is 13.8 Å². The Hall–Kier alpha value is -14.4. The van der Waals surface area contributed by atoms with E-state index < -0.39 is 0 Å². The normalized spacial score (nSPS) is 14.9. The van der Waals surface area contributed by atoms with Gasteiger partial charge in [-0.05, 0) is 267 Å². The molecule has 8 aromatic heterocycles. The molecule has 4 aliphatic rings. The van der Waals surface area contributed by atoms with Crippen molar-refractivity contribution in [1.29, 1.82) is 0 Å². The van der Waals surface area contributed by atoms with Crippen molar-refractivity contribution in [3.63, 3.8) is 0 Å². The van der Waals surface area contributed by atoms with Crippen molar-refractivity contribution in [3.8, 4) is 56.4 Å². The molecule has 4 atom stereocenters. The van der Waals surface area contributed by atoms with Crippen molar-refractivity contribution in [2.45, 2.75) is 38.0 Å². The number of rotatable bonds is 5. The number of imidazole rings is 3. The Kier molecular flexibility index (Phi) is 22.0. The average Bonchev–Trinajstić information content (AvgIpc) is 1.69. The van der Waals surface area contributed by atoms with Gasteiger partial charge in [0.2, 0.25) is 0 Å². The summed E-state index contributed by atoms with van der Waals surface area (Å²) in [5.41, 5.74) is 56.3. The molecule has 2 aliphatic heterocycles. The van der Waals surface area contributed by atoms with Crippen LogP contribution in [0.1, 0.15) is 68.9 Å². The second kappa shape index (κ2) is 35.3. The number of aromatic nitrogens is 11. The van der Waals surface area contributed by atoms with E-state index >= 15 is 0 Å². The molecule has 4 unspecified atom stereocenters. The predicted molar refractivity (Wildman–Crippen MR) is 625 cm³/mol. The molecule has 698 valence electrons. The topological polar surface area (TPSA) is 318 Å². The lowest BCUT2D eigenvalue weighted by Gasteiger charge is -2.30. The monoisotopic (exact) mass is 2380 g/mol. The Morgan fingerprint density at radius 2 is 0.535 bits per heavy atom. The molecule has 19 nitrogen and oxygen atoms in total. The molecule has 10 heterocycles. The molecule has 144 heavy (non-hydrogen) atoms. The van der Waals surface area contributed by atoms with Crippen molar-refractivity contribution in [3.05, 3.63) is 390 Å². The van der Waals surface area contributed by atoms with Gasteiger partial charge >= 0.3 is 0 Å². The number of benzene rings is 18. The lowest BCUT2D eigenvalue weighted by atomic mass is 9.79. The van der Waals surface area contributed by atoms with Crippen molar-refractivity contribution >= 4 is 314 Å². The maximum atomic E-state index is 6.15. The van der Waals surface area contributed by atoms with Gasteiger partial charge in [-0.15, -0.1) is 0 Å². The number of aliphatic imine (C=N–C) groups is 2. The summed E-state index contributed by atoms with van der Waals surface area (Å²) < 4.78 is 8.40. The fourth-order valence-electron chi connectivity index (χ4n) is 21.9. The van der Waals surface area contributed by atoms with Crippen LogP contribution in [0.15, 0.2) is 356 Å². The van der Waals surface area contributed by atoms with Crippen LogP contribution in [-0.2, 0) is 0 Å². The van der Waals surface area contributed by atoms with Crippen molar-refractivity contribution < 1.29 is 0 Å². The first-order chi connectivity index (χ1) is 70.0. The number of nitrogens with two attached hydrogens (primary N) is 4. The third-order valence-electron chi connectivity index (χ3n) is 28.3. The second-order valence-electron chi connectivity index (χ2n) is 36.9. The zero-order valence-electron chi connectivity index (χ0n) is 76.3. The first kappa shape index (κ1) is 89.7. The quantitative estimate of drug-likeness (QED) is 0.0574. The molecule has 0 radical (unpaired) electrons. The summed E-state index contributed by atoms with van der Waals surface area (Å²) in [5.74, 6) is 4.43. The van der Waals surface area contributed by atoms with Crippen LogP contribution in [-0.4, -0.2) is 66.5 Å². The SMILES string of the molecule is Brc1ccc2[nH]cc(-c3nc4c5cc(Br)ccc5c5ccc(Br)cc5c4[nH]3)c2c1.Brc1ccc2c3ccc(Br)cc3c3[nH]c(-c4c[nH]c5ccccc45)nc3c2c1.Cc1[nH]c2ccccc2c1-c1nc2c3cc(Br)ccc3c3ccc(Br)cc3c2[nH]1.Cc1[nH]c2ccccc2c1C1=NC2c3cc(N)ccc3-c3ccc(N)cc3C2N1.Nc1ccc2c(c1)C1N=C(c3c[nH]c4ccc(Br)cc34)NC1c1cc(N)ccc1-2. The second-order valence-corrected chi connectivity index (χ2v) is 44.2. The summed E-state index contributed by atoms with van der Waals surface area (Å²) in [6, 6.07) is 100. The van der Waals surface area contributed by atoms with E-state index in [4.69, 9.17) is 47.9 Å². The third-order valence-corrected chi connectivity index (χ3v) is 32.2. The molecule has 18 N–H and O–H groups in total. The summed E-state index contributed by atoms with van der Waals surface area (Å²) in [7, 11) is 0. The van der Waals surface area contributed by atoms with Gasteiger partial charge in [0.25, 0.3) is 0 Å². The molecular formula is C117H79Br8N19. The number of para-hydroxylation sites is 3. The summed E-state index contributed by atoms with van der Waals surface area (Å²) in [6.45, 7) is 4.20. The molecule has 27 heteroatoms. The summed E-state index contributed by atoms with van der Waals surface area (Å²) in [5, 5.41) is 27.3. The average molecular weight is 2390 g/mol. The minimum Gasteiger partial charge on any atom is -0.399 e. The fraction of sp³-hybridized carbons (Fsp3) is 0.0513. The number of amidine groups is 2. The lowest BCUT2D eigenvalue weighted by molar-refractivity contribution is 0.566. The molecule has 0 spiro atoms. The van der Waals surface area contributed by atoms with Gasteiger partial charge < -0.3 is 73.4 Å². The van der Waals surface area contributed by atoms with Crippen LogP contribution in [0.25, 0.3) is 209 Å². The van der Waals surface area contributed by atoms with E-state index in [1.54, 1.807) is 0 Å². The standard InChI is InChI=1S/C24H15Br2N3.C24H21N5.C23H12Br3N3.C23H13Br2N3.C23H18BrN5/c2*1-12-21(17-4-2-3-5-20(17)27-12)24-28-22-18-10-13(25)6-8-15(18)16-9-7-14(26)11-19(16)23(22)29-24;24-11-1-4-14-15-5-2-12(25)9-18(15)22-21(17(14)8-11)28-23(29-22)19-10-27-20-6-3-13(26)7-16(19)20;24-12-5-7-14-15-8-6-13(25)10-18(15)22-21(17(14)9-12)27-23(28-22)19-11-26-20-4-2-1-3-16(19)20;24-11-1-6-20-16(7-11)19(10-27-20)23-28-21-17-8-12(25)2-4-14(17)15-5-3-13(26)9-18(15)22(21)29-23/h2-11,27H,1H3,(H,28,29);2-11,22-23,27H,25-26H2,1H3,(H,28,29);1-10,27H,(H,28,29);1-11,26H,(H,27,28);1-10,21-22,27H,25-26H2,(H,28,29). The Balaban J connectivity index is 0.0000000918. The van der Waals surface area contributed by atoms with Crippen molar-refractivity contribution in [2.75, 3.05) is 22.9 Å². The van der Waals surface area contributed by atoms with Crippen LogP contribution in [0.2, 0.25) is 0 Å². The number of nitrogens with one attached hydrogen (secondary N) is 10. The Morgan fingerprint density at radius 1 is 0.236 bits per heavy atom. The maximum Gasteiger partial charge on any atom is 0.140 e. The highest BCUT2D eigenvalue weighted by atomic mass is 79.9. The highest BCUT2D eigenvalue weighted by Crippen LogP contribution is 2.54. The highest BCUT2D eigenvalue weighted by Gasteiger charge is 2.42. The fourth-order valence-corrected chi connectivity index (χ4v) is 24.8. The number of anilines is 4. The molecule has 0 saturated heterocycles. The number of fused-ring (bicyclic) bond motifs is 35. The van der Waals surface area contributed by atoms with Gasteiger partial charge in [-0.3, -0.25) is 9.98 Å². The molecule has 0 saturated carbocycles. The number of nitrogens with zero attached hydrogens (tertiary/aromatic N) is 5. The van der Waals surface area contributed by atoms with Crippen LogP contribution < -0.4 is 33.6 Å². The zero-order chi connectivity index (χ0) is 97.6. The van der Waals surface area contributed by atoms with Gasteiger partial charge in [-0.1, -0.05) is 243 Å². The van der Waals surface area contributed by atoms with E-state index in [2.05, 4.69) is 428 Å². The Bertz CT molecular complexity index is 9790. The molecule has 0 fully saturated rings. The molecule has 18 aromatic carbocycles. The summed E-state index contributed by atoms with van der Waals surface area (Å²) >= 11 is 28.9. The predicted octanol–water partition coefficient (Wildman–Crippen LogP) is 33.1. The van der Waals surface area contributed by atoms with E-state index in [1.165, 1.54) is 81.9 Å². The Morgan fingerprint density at radius 3 is 0.965 bits per heavy atom. The van der Waals surface area contributed by atoms with E-state index in [0.29, 0.717) is 0 Å². The molecule has 26 aromatic rings. The van der Waals surface area contributed by atoms with Gasteiger partial charge in [-0.25, -0.2) is 15.0 Å². The smallest absolute Gasteiger partial charge is 0.140 e. The number of nitrogen functional groups attached to an aromatic ring is 4. The molecule has 0 bridgehead atoms. The van der Waals surface area contributed by atoms with Gasteiger partial charge in [-0.2, -0.15) is 0 Å². The first-order valence-corrected chi connectivity index (χ1v) is 53.0. The maximum absolute atomic E-state index is 6.15. The van der Waals surface area contributed by atoms with Crippen LogP contribution in [0.4, 0.5) is 22.7 Å². The minimum absolute atomic E-state index is 0.0231. The van der Waals surface area contributed by atoms with E-state index in [0.717, 1.165) is 242 Å². The van der Waals surface area contributed by atoms with Gasteiger partial charge in [0, 0.05) is 203 Å². The van der Waals surface area contributed by atoms with E-state index in [9.17, 15) is 0 Å². The number of halogens is 8. The lowest BCUT2D eigenvalue weighted by Crippen LogP contribution is -2.27. The Labute approximate surface area is 888 Å². The molecule has 30 rings (SSSR count). The highest BCUT2D eigenvalue weighted by molar-refractivity contribution is 9.11. The van der Waals surface area contributed by atoms with E-state index in [1.807, 2.05) is 73.2 Å². The van der Waals surface area contributed by atoms with Gasteiger partial charge in [0.15, 0.2) is 0 Å². The summed E-state index contributed by atoms with van der Waals surface area (Å²) in [4.78, 5) is 53.4. The number of H-pyrrole nitrogens is 8. The minimum atomic E-state index is -0.0464. The number of hydrogen-bond acceptors (Lipinski definition) is 11. The molecule has 0 amide bonds. The number of aromatic amines is 8. The molecule has 2 aliphatic carbocycles. The van der Waals surface area contributed by atoms with Crippen LogP contribution in [0.3, 0.4) is 0 Å². The zero-order valence-corrected chi connectivity index (χ0v) is 89.0. The number of aryl methyl sites for hydroxylation is 2. The van der Waals surface area contributed by atoms with Crippen molar-refractivity contribution in [1.82, 2.24) is 65.5 Å². The first-order valence-electron chi connectivity index (χ1n) is 46.7. The molecular weight excluding hydrogens is 2310 g/mol. The number of hydrogen-bond donors (Lipinski definition) is 14. The van der Waals surface area contributed by atoms with Gasteiger partial charge in [0.1, 0.15) is 41.2 Å². The van der Waals surface area contributed by atoms with Crippen molar-refractivity contribution in [2.24, 2.45) is 9.98 Å². The largest absolute Gasteiger partial charge is 0.399 e. The van der Waals surface area contributed by atoms with Crippen LogP contribution >= 0.6 is 127 Å². The summed E-state index contributed by atoms with van der Waals surface area (Å²) in [6.07, 6.45) is 6.06. The van der Waals surface area contributed by atoms with Crippen LogP contribution in [0.5, 0.6) is 0 Å². The van der Waals surface area contributed by atoms with E-state index in [-0.39, 0.29) is 24.2 Å².